The Hall–Kier alpha value is -3.21. The number of phenolic OH excluding ortho intramolecular Hbond substituents is 1. The molecule has 0 fully saturated rings. The molecule has 0 radical (unpaired) electrons. The van der Waals surface area contributed by atoms with Crippen molar-refractivity contribution < 1.29 is 14.6 Å². The third kappa shape index (κ3) is 3.35. The van der Waals surface area contributed by atoms with Crippen molar-refractivity contribution in [2.45, 2.75) is 13.8 Å². The van der Waals surface area contributed by atoms with Crippen LogP contribution in [0.2, 0.25) is 0 Å². The van der Waals surface area contributed by atoms with E-state index in [1.165, 1.54) is 7.11 Å². The van der Waals surface area contributed by atoms with Gasteiger partial charge in [0.2, 0.25) is 0 Å². The van der Waals surface area contributed by atoms with Crippen LogP contribution in [0.1, 0.15) is 21.7 Å². The summed E-state index contributed by atoms with van der Waals surface area (Å²) in [7, 11) is 1.32. The molecule has 0 saturated heterocycles. The minimum absolute atomic E-state index is 0.0313. The molecule has 0 amide bonds. The summed E-state index contributed by atoms with van der Waals surface area (Å²) in [5, 5.41) is 10.8. The average molecular weight is 334 g/mol. The third-order valence-electron chi connectivity index (χ3n) is 3.86. The first-order valence-electron chi connectivity index (χ1n) is 7.83. The highest BCUT2D eigenvalue weighted by molar-refractivity contribution is 5.95. The number of aryl methyl sites for hydroxylation is 2. The number of benzene rings is 1. The second-order valence-electron chi connectivity index (χ2n) is 5.74. The summed E-state index contributed by atoms with van der Waals surface area (Å²) in [5.41, 5.74) is 4.05. The van der Waals surface area contributed by atoms with Gasteiger partial charge in [0.15, 0.2) is 0 Å². The van der Waals surface area contributed by atoms with Crippen LogP contribution in [0, 0.1) is 13.8 Å². The molecule has 1 N–H and O–H groups in total. The van der Waals surface area contributed by atoms with Gasteiger partial charge < -0.3 is 9.84 Å². The SMILES string of the molecule is COC(=O)c1cc(-c2cccc(C)n2)c(O)c(-c2cccc(C)n2)c1. The zero-order valence-corrected chi connectivity index (χ0v) is 14.3. The van der Waals surface area contributed by atoms with Crippen molar-refractivity contribution >= 4 is 5.97 Å². The van der Waals surface area contributed by atoms with Crippen LogP contribution in [0.25, 0.3) is 22.5 Å². The van der Waals surface area contributed by atoms with Crippen LogP contribution < -0.4 is 0 Å². The molecule has 5 nitrogen and oxygen atoms in total. The van der Waals surface area contributed by atoms with Crippen molar-refractivity contribution in [2.75, 3.05) is 7.11 Å². The van der Waals surface area contributed by atoms with Crippen molar-refractivity contribution in [1.29, 1.82) is 0 Å². The van der Waals surface area contributed by atoms with E-state index >= 15 is 0 Å². The number of hydrogen-bond acceptors (Lipinski definition) is 5. The molecule has 0 unspecified atom stereocenters. The molecule has 5 heteroatoms. The van der Waals surface area contributed by atoms with Crippen LogP contribution in [-0.2, 0) is 4.74 Å². The topological polar surface area (TPSA) is 72.3 Å². The summed E-state index contributed by atoms with van der Waals surface area (Å²) < 4.78 is 4.84. The maximum atomic E-state index is 12.1. The number of aromatic nitrogens is 2. The Morgan fingerprint density at radius 1 is 0.920 bits per heavy atom. The van der Waals surface area contributed by atoms with Gasteiger partial charge in [0.25, 0.3) is 0 Å². The molecule has 0 aliphatic carbocycles. The number of carbonyl (C=O) groups excluding carboxylic acids is 1. The largest absolute Gasteiger partial charge is 0.507 e. The standard InChI is InChI=1S/C20H18N2O3/c1-12-6-4-8-17(21-12)15-10-14(20(24)25-3)11-16(19(15)23)18-9-5-7-13(2)22-18/h4-11,23H,1-3H3. The zero-order valence-electron chi connectivity index (χ0n) is 14.3. The summed E-state index contributed by atoms with van der Waals surface area (Å²) in [6.45, 7) is 3.74. The molecule has 2 heterocycles. The number of aromatic hydroxyl groups is 1. The Labute approximate surface area is 146 Å². The number of methoxy groups -OCH3 is 1. The highest BCUT2D eigenvalue weighted by Gasteiger charge is 2.18. The first kappa shape index (κ1) is 16.6. The molecular formula is C20H18N2O3. The van der Waals surface area contributed by atoms with Crippen molar-refractivity contribution in [3.05, 3.63) is 65.5 Å². The number of hydrogen-bond donors (Lipinski definition) is 1. The summed E-state index contributed by atoms with van der Waals surface area (Å²) in [6, 6.07) is 14.2. The fourth-order valence-corrected chi connectivity index (χ4v) is 2.65. The van der Waals surface area contributed by atoms with Crippen LogP contribution in [0.5, 0.6) is 5.75 Å². The summed E-state index contributed by atoms with van der Waals surface area (Å²) in [6.07, 6.45) is 0. The van der Waals surface area contributed by atoms with Gasteiger partial charge in [-0.05, 0) is 50.2 Å². The van der Waals surface area contributed by atoms with Gasteiger partial charge in [-0.1, -0.05) is 12.1 Å². The van der Waals surface area contributed by atoms with Gasteiger partial charge in [0.1, 0.15) is 5.75 Å². The van der Waals surface area contributed by atoms with Gasteiger partial charge in [-0.15, -0.1) is 0 Å². The number of esters is 1. The van der Waals surface area contributed by atoms with Crippen LogP contribution >= 0.6 is 0 Å². The lowest BCUT2D eigenvalue weighted by Gasteiger charge is -2.13. The average Bonchev–Trinajstić information content (AvgIpc) is 2.61. The minimum Gasteiger partial charge on any atom is -0.507 e. The molecule has 0 saturated carbocycles. The number of ether oxygens (including phenoxy) is 1. The second kappa shape index (κ2) is 6.73. The quantitative estimate of drug-likeness (QED) is 0.735. The van der Waals surface area contributed by atoms with E-state index in [2.05, 4.69) is 9.97 Å². The highest BCUT2D eigenvalue weighted by Crippen LogP contribution is 2.38. The third-order valence-corrected chi connectivity index (χ3v) is 3.86. The summed E-state index contributed by atoms with van der Waals surface area (Å²) in [4.78, 5) is 21.0. The molecule has 3 aromatic rings. The fourth-order valence-electron chi connectivity index (χ4n) is 2.65. The van der Waals surface area contributed by atoms with E-state index in [-0.39, 0.29) is 5.75 Å². The van der Waals surface area contributed by atoms with Crippen molar-refractivity contribution in [3.8, 4) is 28.3 Å². The lowest BCUT2D eigenvalue weighted by atomic mass is 9.98. The van der Waals surface area contributed by atoms with E-state index in [1.54, 1.807) is 24.3 Å². The summed E-state index contributed by atoms with van der Waals surface area (Å²) in [5.74, 6) is -0.452. The molecule has 1 aromatic carbocycles. The summed E-state index contributed by atoms with van der Waals surface area (Å²) >= 11 is 0. The first-order chi connectivity index (χ1) is 12.0. The molecule has 0 aliphatic heterocycles. The van der Waals surface area contributed by atoms with Crippen LogP contribution in [0.3, 0.4) is 0 Å². The molecule has 126 valence electrons. The van der Waals surface area contributed by atoms with Gasteiger partial charge in [0, 0.05) is 22.5 Å². The fraction of sp³-hybridized carbons (Fsp3) is 0.150. The van der Waals surface area contributed by atoms with Gasteiger partial charge in [-0.3, -0.25) is 9.97 Å². The van der Waals surface area contributed by atoms with E-state index in [1.807, 2.05) is 38.1 Å². The Morgan fingerprint density at radius 3 is 1.80 bits per heavy atom. The Balaban J connectivity index is 2.28. The van der Waals surface area contributed by atoms with E-state index < -0.39 is 5.97 Å². The second-order valence-corrected chi connectivity index (χ2v) is 5.74. The Kier molecular flexibility index (Phi) is 4.48. The first-order valence-corrected chi connectivity index (χ1v) is 7.83. The lowest BCUT2D eigenvalue weighted by molar-refractivity contribution is 0.0601. The molecule has 0 aliphatic rings. The van der Waals surface area contributed by atoms with Crippen molar-refractivity contribution in [2.24, 2.45) is 0 Å². The minimum atomic E-state index is -0.484. The van der Waals surface area contributed by atoms with Crippen LogP contribution in [0.15, 0.2) is 48.5 Å². The van der Waals surface area contributed by atoms with Gasteiger partial charge in [-0.2, -0.15) is 0 Å². The number of rotatable bonds is 3. The molecular weight excluding hydrogens is 316 g/mol. The Morgan fingerprint density at radius 2 is 1.40 bits per heavy atom. The highest BCUT2D eigenvalue weighted by atomic mass is 16.5. The van der Waals surface area contributed by atoms with Crippen molar-refractivity contribution in [1.82, 2.24) is 9.97 Å². The molecule has 0 bridgehead atoms. The van der Waals surface area contributed by atoms with Crippen molar-refractivity contribution in [3.63, 3.8) is 0 Å². The maximum Gasteiger partial charge on any atom is 0.337 e. The van der Waals surface area contributed by atoms with Crippen LogP contribution in [-0.4, -0.2) is 28.2 Å². The normalized spacial score (nSPS) is 10.5. The monoisotopic (exact) mass is 334 g/mol. The van der Waals surface area contributed by atoms with E-state index in [4.69, 9.17) is 4.74 Å². The van der Waals surface area contributed by atoms with E-state index in [0.29, 0.717) is 28.1 Å². The molecule has 0 atom stereocenters. The number of carbonyl (C=O) groups is 1. The maximum absolute atomic E-state index is 12.1. The van der Waals surface area contributed by atoms with Gasteiger partial charge >= 0.3 is 5.97 Å². The molecule has 25 heavy (non-hydrogen) atoms. The predicted molar refractivity (Wildman–Crippen MR) is 95.4 cm³/mol. The zero-order chi connectivity index (χ0) is 18.0. The number of nitrogens with zero attached hydrogens (tertiary/aromatic N) is 2. The predicted octanol–water partition coefficient (Wildman–Crippen LogP) is 3.92. The molecule has 0 spiro atoms. The van der Waals surface area contributed by atoms with Gasteiger partial charge in [-0.25, -0.2) is 4.79 Å². The smallest absolute Gasteiger partial charge is 0.337 e. The molecule has 2 aromatic heterocycles. The molecule has 3 rings (SSSR count). The number of pyridine rings is 2. The van der Waals surface area contributed by atoms with E-state index in [9.17, 15) is 9.90 Å². The lowest BCUT2D eigenvalue weighted by Crippen LogP contribution is -2.03. The number of phenols is 1. The Bertz CT molecular complexity index is 885. The van der Waals surface area contributed by atoms with Gasteiger partial charge in [0.05, 0.1) is 24.1 Å². The van der Waals surface area contributed by atoms with Crippen LogP contribution in [0.4, 0.5) is 0 Å². The van der Waals surface area contributed by atoms with E-state index in [0.717, 1.165) is 11.4 Å².